The summed E-state index contributed by atoms with van der Waals surface area (Å²) in [5.41, 5.74) is 0.498. The number of guanidine groups is 1. The Morgan fingerprint density at radius 2 is 1.93 bits per heavy atom. The molecule has 0 unspecified atom stereocenters. The molecule has 1 aromatic carbocycles. The van der Waals surface area contributed by atoms with Crippen molar-refractivity contribution in [3.63, 3.8) is 0 Å². The minimum Gasteiger partial charge on any atom is -0.497 e. The number of methoxy groups -OCH3 is 2. The first-order valence-electron chi connectivity index (χ1n) is 8.31. The Balaban J connectivity index is 0.00000676. The molecule has 7 nitrogen and oxygen atoms in total. The molecule has 156 valence electrons. The van der Waals surface area contributed by atoms with Crippen molar-refractivity contribution in [3.8, 4) is 11.5 Å². The molecule has 0 aliphatic heterocycles. The van der Waals surface area contributed by atoms with Gasteiger partial charge in [0.1, 0.15) is 11.5 Å². The van der Waals surface area contributed by atoms with Crippen LogP contribution in [0.3, 0.4) is 0 Å². The van der Waals surface area contributed by atoms with Crippen LogP contribution in [0.25, 0.3) is 0 Å². The highest BCUT2D eigenvalue weighted by Crippen LogP contribution is 2.26. The molecule has 0 aromatic heterocycles. The molecule has 0 bridgehead atoms. The molecule has 27 heavy (non-hydrogen) atoms. The first-order chi connectivity index (χ1) is 12.6. The SMILES string of the molecule is CCNC(=NCc1cc(OC)ccc1OC(F)F)NCCOCCOC.I. The van der Waals surface area contributed by atoms with Crippen LogP contribution in [-0.4, -0.2) is 59.7 Å². The van der Waals surface area contributed by atoms with E-state index >= 15 is 0 Å². The van der Waals surface area contributed by atoms with Crippen LogP contribution in [-0.2, 0) is 16.0 Å². The molecule has 0 amide bonds. The lowest BCUT2D eigenvalue weighted by Crippen LogP contribution is -2.39. The third kappa shape index (κ3) is 11.1. The Morgan fingerprint density at radius 1 is 1.15 bits per heavy atom. The Morgan fingerprint density at radius 3 is 2.56 bits per heavy atom. The predicted molar refractivity (Wildman–Crippen MR) is 111 cm³/mol. The number of rotatable bonds is 12. The number of nitrogens with zero attached hydrogens (tertiary/aromatic N) is 1. The van der Waals surface area contributed by atoms with E-state index in [0.717, 1.165) is 0 Å². The zero-order valence-electron chi connectivity index (χ0n) is 15.8. The van der Waals surface area contributed by atoms with Crippen LogP contribution in [0.2, 0.25) is 0 Å². The van der Waals surface area contributed by atoms with E-state index in [1.807, 2.05) is 6.92 Å². The zero-order valence-corrected chi connectivity index (χ0v) is 18.1. The van der Waals surface area contributed by atoms with Gasteiger partial charge in [0.2, 0.25) is 0 Å². The highest BCUT2D eigenvalue weighted by molar-refractivity contribution is 14.0. The Kier molecular flexibility index (Phi) is 14.8. The molecule has 0 fully saturated rings. The molecular weight excluding hydrogens is 475 g/mol. The Bertz CT molecular complexity index is 551. The maximum Gasteiger partial charge on any atom is 0.387 e. The van der Waals surface area contributed by atoms with Gasteiger partial charge in [-0.15, -0.1) is 24.0 Å². The molecule has 0 radical (unpaired) electrons. The third-order valence-electron chi connectivity index (χ3n) is 3.21. The number of benzene rings is 1. The summed E-state index contributed by atoms with van der Waals surface area (Å²) >= 11 is 0. The summed E-state index contributed by atoms with van der Waals surface area (Å²) in [6.45, 7) is 1.94. The van der Waals surface area contributed by atoms with Gasteiger partial charge in [0.15, 0.2) is 5.96 Å². The number of hydrogen-bond donors (Lipinski definition) is 2. The van der Waals surface area contributed by atoms with Crippen molar-refractivity contribution < 1.29 is 27.7 Å². The van der Waals surface area contributed by atoms with Gasteiger partial charge in [0.05, 0.1) is 33.5 Å². The monoisotopic (exact) mass is 503 g/mol. The minimum atomic E-state index is -2.90. The van der Waals surface area contributed by atoms with Crippen molar-refractivity contribution in [2.24, 2.45) is 4.99 Å². The molecule has 0 aliphatic rings. The van der Waals surface area contributed by atoms with Crippen molar-refractivity contribution in [3.05, 3.63) is 23.8 Å². The second-order valence-electron chi connectivity index (χ2n) is 5.08. The summed E-state index contributed by atoms with van der Waals surface area (Å²) in [6, 6.07) is 4.63. The molecule has 1 aromatic rings. The number of halogens is 3. The van der Waals surface area contributed by atoms with E-state index in [2.05, 4.69) is 20.4 Å². The molecule has 0 aliphatic carbocycles. The second-order valence-corrected chi connectivity index (χ2v) is 5.08. The number of aliphatic imine (C=N–C) groups is 1. The lowest BCUT2D eigenvalue weighted by atomic mass is 10.2. The lowest BCUT2D eigenvalue weighted by Gasteiger charge is -2.13. The molecule has 0 saturated heterocycles. The summed E-state index contributed by atoms with van der Waals surface area (Å²) in [5.74, 6) is 1.17. The summed E-state index contributed by atoms with van der Waals surface area (Å²) in [7, 11) is 3.12. The van der Waals surface area contributed by atoms with Gasteiger partial charge in [-0.05, 0) is 25.1 Å². The zero-order chi connectivity index (χ0) is 19.2. The van der Waals surface area contributed by atoms with Crippen LogP contribution in [0.5, 0.6) is 11.5 Å². The fourth-order valence-corrected chi connectivity index (χ4v) is 2.01. The largest absolute Gasteiger partial charge is 0.497 e. The van der Waals surface area contributed by atoms with Gasteiger partial charge < -0.3 is 29.6 Å². The molecule has 1 rings (SSSR count). The second kappa shape index (κ2) is 15.6. The van der Waals surface area contributed by atoms with Crippen LogP contribution in [0.15, 0.2) is 23.2 Å². The number of hydrogen-bond acceptors (Lipinski definition) is 5. The van der Waals surface area contributed by atoms with E-state index < -0.39 is 6.61 Å². The molecular formula is C17H28F2IN3O4. The standard InChI is InChI=1S/C17H27F2N3O4.HI/c1-4-20-17(21-7-8-25-10-9-23-2)22-12-13-11-14(24-3)5-6-15(13)26-16(18)19;/h5-6,11,16H,4,7-10,12H2,1-3H3,(H2,20,21,22);1H. The average molecular weight is 503 g/mol. The van der Waals surface area contributed by atoms with Gasteiger partial charge >= 0.3 is 6.61 Å². The summed E-state index contributed by atoms with van der Waals surface area (Å²) in [4.78, 5) is 4.39. The normalized spacial score (nSPS) is 11.1. The lowest BCUT2D eigenvalue weighted by molar-refractivity contribution is -0.0504. The molecule has 0 saturated carbocycles. The fourth-order valence-electron chi connectivity index (χ4n) is 2.01. The molecule has 10 heteroatoms. The topological polar surface area (TPSA) is 73.3 Å². The highest BCUT2D eigenvalue weighted by Gasteiger charge is 2.11. The van der Waals surface area contributed by atoms with Gasteiger partial charge in [-0.3, -0.25) is 0 Å². The maximum atomic E-state index is 12.6. The van der Waals surface area contributed by atoms with E-state index in [1.165, 1.54) is 13.2 Å². The fraction of sp³-hybridized carbons (Fsp3) is 0.588. The Hall–Kier alpha value is -1.40. The highest BCUT2D eigenvalue weighted by atomic mass is 127. The van der Waals surface area contributed by atoms with E-state index in [9.17, 15) is 8.78 Å². The molecule has 0 heterocycles. The van der Waals surface area contributed by atoms with Crippen molar-refractivity contribution in [2.45, 2.75) is 20.1 Å². The van der Waals surface area contributed by atoms with Crippen molar-refractivity contribution >= 4 is 29.9 Å². The van der Waals surface area contributed by atoms with Gasteiger partial charge in [0.25, 0.3) is 0 Å². The van der Waals surface area contributed by atoms with Crippen molar-refractivity contribution in [2.75, 3.05) is 47.1 Å². The van der Waals surface area contributed by atoms with Gasteiger partial charge in [-0.2, -0.15) is 8.78 Å². The summed E-state index contributed by atoms with van der Waals surface area (Å²) in [5, 5.41) is 6.19. The summed E-state index contributed by atoms with van der Waals surface area (Å²) < 4.78 is 45.1. The number of ether oxygens (including phenoxy) is 4. The third-order valence-corrected chi connectivity index (χ3v) is 3.21. The van der Waals surface area contributed by atoms with E-state index in [-0.39, 0.29) is 36.3 Å². The smallest absolute Gasteiger partial charge is 0.387 e. The number of alkyl halides is 2. The molecule has 0 atom stereocenters. The van der Waals surface area contributed by atoms with Crippen molar-refractivity contribution in [1.29, 1.82) is 0 Å². The minimum absolute atomic E-state index is 0. The maximum absolute atomic E-state index is 12.6. The number of nitrogens with one attached hydrogen (secondary N) is 2. The van der Waals surface area contributed by atoms with Crippen LogP contribution in [0.4, 0.5) is 8.78 Å². The van der Waals surface area contributed by atoms with E-state index in [4.69, 9.17) is 14.2 Å². The van der Waals surface area contributed by atoms with E-state index in [1.54, 1.807) is 19.2 Å². The van der Waals surface area contributed by atoms with Crippen LogP contribution in [0, 0.1) is 0 Å². The van der Waals surface area contributed by atoms with Crippen molar-refractivity contribution in [1.82, 2.24) is 10.6 Å². The van der Waals surface area contributed by atoms with Gasteiger partial charge in [0, 0.05) is 25.8 Å². The van der Waals surface area contributed by atoms with Gasteiger partial charge in [-0.25, -0.2) is 4.99 Å². The average Bonchev–Trinajstić information content (AvgIpc) is 2.63. The predicted octanol–water partition coefficient (Wildman–Crippen LogP) is 2.63. The first-order valence-corrected chi connectivity index (χ1v) is 8.31. The van der Waals surface area contributed by atoms with Crippen LogP contribution in [0.1, 0.15) is 12.5 Å². The van der Waals surface area contributed by atoms with Crippen LogP contribution >= 0.6 is 24.0 Å². The quantitative estimate of drug-likeness (QED) is 0.198. The van der Waals surface area contributed by atoms with Crippen LogP contribution < -0.4 is 20.1 Å². The molecule has 2 N–H and O–H groups in total. The Labute approximate surface area is 175 Å². The van der Waals surface area contributed by atoms with Gasteiger partial charge in [-0.1, -0.05) is 0 Å². The first kappa shape index (κ1) is 25.6. The summed E-state index contributed by atoms with van der Waals surface area (Å²) in [6.07, 6.45) is 0. The molecule has 0 spiro atoms. The van der Waals surface area contributed by atoms with E-state index in [0.29, 0.717) is 50.2 Å².